The molecular weight excluding hydrogens is 170 g/mol. The molecular formula is C9H21NOS. The van der Waals surface area contributed by atoms with Crippen molar-refractivity contribution in [3.05, 3.63) is 0 Å². The van der Waals surface area contributed by atoms with Crippen LogP contribution in [0.3, 0.4) is 0 Å². The van der Waals surface area contributed by atoms with Gasteiger partial charge in [0.1, 0.15) is 0 Å². The van der Waals surface area contributed by atoms with Gasteiger partial charge in [0.2, 0.25) is 0 Å². The van der Waals surface area contributed by atoms with Crippen LogP contribution in [0, 0.1) is 5.92 Å². The van der Waals surface area contributed by atoms with Crippen LogP contribution in [0.25, 0.3) is 0 Å². The summed E-state index contributed by atoms with van der Waals surface area (Å²) in [6.07, 6.45) is 1.20. The van der Waals surface area contributed by atoms with Gasteiger partial charge in [-0.15, -0.1) is 0 Å². The molecule has 3 N–H and O–H groups in total. The molecule has 0 aliphatic rings. The van der Waals surface area contributed by atoms with Gasteiger partial charge in [-0.25, -0.2) is 0 Å². The summed E-state index contributed by atoms with van der Waals surface area (Å²) in [5.41, 5.74) is 5.69. The second-order valence-electron chi connectivity index (χ2n) is 3.43. The van der Waals surface area contributed by atoms with E-state index < -0.39 is 0 Å². The molecule has 12 heavy (non-hydrogen) atoms. The fraction of sp³-hybridized carbons (Fsp3) is 1.00. The van der Waals surface area contributed by atoms with Gasteiger partial charge in [0.25, 0.3) is 0 Å². The van der Waals surface area contributed by atoms with E-state index in [-0.39, 0.29) is 17.9 Å². The number of hydrogen-bond acceptors (Lipinski definition) is 3. The van der Waals surface area contributed by atoms with Crippen LogP contribution < -0.4 is 5.73 Å². The monoisotopic (exact) mass is 191 g/mol. The molecule has 0 heterocycles. The molecule has 0 amide bonds. The molecule has 0 aliphatic carbocycles. The highest BCUT2D eigenvalue weighted by molar-refractivity contribution is 8.00. The maximum absolute atomic E-state index is 8.98. The second-order valence-corrected chi connectivity index (χ2v) is 4.70. The highest BCUT2D eigenvalue weighted by Crippen LogP contribution is 2.18. The molecule has 3 atom stereocenters. The van der Waals surface area contributed by atoms with Crippen LogP contribution in [0.15, 0.2) is 0 Å². The molecule has 0 bridgehead atoms. The third-order valence-corrected chi connectivity index (χ3v) is 3.83. The van der Waals surface area contributed by atoms with Gasteiger partial charge in [0, 0.05) is 11.3 Å². The minimum atomic E-state index is 0.0871. The summed E-state index contributed by atoms with van der Waals surface area (Å²) in [6.45, 7) is 6.55. The molecule has 3 heteroatoms. The van der Waals surface area contributed by atoms with E-state index in [4.69, 9.17) is 10.8 Å². The average Bonchev–Trinajstić information content (AvgIpc) is 2.04. The number of thioether (sulfide) groups is 1. The Morgan fingerprint density at radius 1 is 1.42 bits per heavy atom. The zero-order chi connectivity index (χ0) is 9.56. The highest BCUT2D eigenvalue weighted by atomic mass is 32.2. The molecule has 0 aromatic carbocycles. The first-order chi connectivity index (χ1) is 5.61. The molecule has 0 rings (SSSR count). The van der Waals surface area contributed by atoms with E-state index in [0.717, 1.165) is 11.7 Å². The van der Waals surface area contributed by atoms with Crippen molar-refractivity contribution in [2.75, 3.05) is 12.4 Å². The quantitative estimate of drug-likeness (QED) is 0.668. The highest BCUT2D eigenvalue weighted by Gasteiger charge is 2.13. The first kappa shape index (κ1) is 12.3. The minimum Gasteiger partial charge on any atom is -0.395 e. The van der Waals surface area contributed by atoms with E-state index in [1.165, 1.54) is 6.42 Å². The van der Waals surface area contributed by atoms with Gasteiger partial charge in [-0.2, -0.15) is 11.8 Å². The van der Waals surface area contributed by atoms with Crippen molar-refractivity contribution < 1.29 is 5.11 Å². The lowest BCUT2D eigenvalue weighted by molar-refractivity contribution is 0.285. The first-order valence-corrected chi connectivity index (χ1v) is 5.64. The summed E-state index contributed by atoms with van der Waals surface area (Å²) in [4.78, 5) is 0. The standard InChI is InChI=1S/C9H21NOS/c1-4-7(2)6-12-9(5-11)8(3)10/h7-9,11H,4-6,10H2,1-3H3. The van der Waals surface area contributed by atoms with Gasteiger partial charge >= 0.3 is 0 Å². The van der Waals surface area contributed by atoms with Crippen molar-refractivity contribution >= 4 is 11.8 Å². The predicted octanol–water partition coefficient (Wildman–Crippen LogP) is 1.47. The van der Waals surface area contributed by atoms with Crippen molar-refractivity contribution in [1.82, 2.24) is 0 Å². The summed E-state index contributed by atoms with van der Waals surface area (Å²) >= 11 is 1.79. The number of rotatable bonds is 6. The summed E-state index contributed by atoms with van der Waals surface area (Å²) < 4.78 is 0. The Kier molecular flexibility index (Phi) is 6.90. The fourth-order valence-corrected chi connectivity index (χ4v) is 2.00. The molecule has 0 radical (unpaired) electrons. The Balaban J connectivity index is 3.58. The zero-order valence-electron chi connectivity index (χ0n) is 8.29. The number of aliphatic hydroxyl groups is 1. The van der Waals surface area contributed by atoms with Crippen molar-refractivity contribution in [2.24, 2.45) is 11.7 Å². The molecule has 0 aromatic heterocycles. The van der Waals surface area contributed by atoms with Gasteiger partial charge < -0.3 is 10.8 Å². The third kappa shape index (κ3) is 5.01. The van der Waals surface area contributed by atoms with Crippen LogP contribution >= 0.6 is 11.8 Å². The average molecular weight is 191 g/mol. The summed E-state index contributed by atoms with van der Waals surface area (Å²) in [5.74, 6) is 1.83. The lowest BCUT2D eigenvalue weighted by Gasteiger charge is -2.19. The Morgan fingerprint density at radius 3 is 2.33 bits per heavy atom. The first-order valence-electron chi connectivity index (χ1n) is 4.59. The lowest BCUT2D eigenvalue weighted by atomic mass is 10.2. The van der Waals surface area contributed by atoms with Gasteiger partial charge in [0.05, 0.1) is 6.61 Å². The van der Waals surface area contributed by atoms with Crippen LogP contribution in [-0.2, 0) is 0 Å². The normalized spacial score (nSPS) is 18.8. The van der Waals surface area contributed by atoms with Crippen molar-refractivity contribution in [3.8, 4) is 0 Å². The molecule has 74 valence electrons. The van der Waals surface area contributed by atoms with Gasteiger partial charge in [-0.05, 0) is 18.6 Å². The minimum absolute atomic E-state index is 0.0871. The van der Waals surface area contributed by atoms with Crippen LogP contribution in [0.1, 0.15) is 27.2 Å². The van der Waals surface area contributed by atoms with E-state index >= 15 is 0 Å². The topological polar surface area (TPSA) is 46.2 Å². The summed E-state index contributed by atoms with van der Waals surface area (Å²) in [7, 11) is 0. The molecule has 0 saturated carbocycles. The van der Waals surface area contributed by atoms with Crippen LogP contribution in [0.2, 0.25) is 0 Å². The Labute approximate surface area is 79.9 Å². The van der Waals surface area contributed by atoms with Gasteiger partial charge in [-0.1, -0.05) is 20.3 Å². The third-order valence-electron chi connectivity index (χ3n) is 2.06. The fourth-order valence-electron chi connectivity index (χ4n) is 0.776. The van der Waals surface area contributed by atoms with E-state index in [1.807, 2.05) is 6.92 Å². The molecule has 0 spiro atoms. The molecule has 0 aliphatic heterocycles. The van der Waals surface area contributed by atoms with Crippen LogP contribution in [0.4, 0.5) is 0 Å². The summed E-state index contributed by atoms with van der Waals surface area (Å²) in [6, 6.07) is 0.0871. The van der Waals surface area contributed by atoms with E-state index in [2.05, 4.69) is 13.8 Å². The van der Waals surface area contributed by atoms with Gasteiger partial charge in [0.15, 0.2) is 0 Å². The van der Waals surface area contributed by atoms with Crippen molar-refractivity contribution in [3.63, 3.8) is 0 Å². The predicted molar refractivity (Wildman–Crippen MR) is 56.4 cm³/mol. The molecule has 3 unspecified atom stereocenters. The second kappa shape index (κ2) is 6.75. The zero-order valence-corrected chi connectivity index (χ0v) is 9.10. The Hall–Kier alpha value is 0.270. The van der Waals surface area contributed by atoms with Crippen molar-refractivity contribution in [1.29, 1.82) is 0 Å². The SMILES string of the molecule is CCC(C)CSC(CO)C(C)N. The van der Waals surface area contributed by atoms with Crippen molar-refractivity contribution in [2.45, 2.75) is 38.5 Å². The molecule has 0 saturated heterocycles. The van der Waals surface area contributed by atoms with E-state index in [9.17, 15) is 0 Å². The van der Waals surface area contributed by atoms with E-state index in [1.54, 1.807) is 11.8 Å². The molecule has 0 aromatic rings. The summed E-state index contributed by atoms with van der Waals surface area (Å²) in [5, 5.41) is 9.19. The Morgan fingerprint density at radius 2 is 2.00 bits per heavy atom. The number of nitrogens with two attached hydrogens (primary N) is 1. The number of hydrogen-bond donors (Lipinski definition) is 2. The molecule has 0 fully saturated rings. The van der Waals surface area contributed by atoms with Crippen LogP contribution in [-0.4, -0.2) is 28.8 Å². The number of aliphatic hydroxyl groups excluding tert-OH is 1. The maximum atomic E-state index is 8.98. The maximum Gasteiger partial charge on any atom is 0.0564 e. The smallest absolute Gasteiger partial charge is 0.0564 e. The Bertz CT molecular complexity index is 109. The van der Waals surface area contributed by atoms with E-state index in [0.29, 0.717) is 0 Å². The molecule has 2 nitrogen and oxygen atoms in total. The lowest BCUT2D eigenvalue weighted by Crippen LogP contribution is -2.32. The van der Waals surface area contributed by atoms with Gasteiger partial charge in [-0.3, -0.25) is 0 Å². The van der Waals surface area contributed by atoms with Crippen LogP contribution in [0.5, 0.6) is 0 Å². The largest absolute Gasteiger partial charge is 0.395 e.